The number of aromatic carboxylic acids is 1. The minimum atomic E-state index is -1.02. The van der Waals surface area contributed by atoms with Crippen LogP contribution in [0.3, 0.4) is 0 Å². The molecule has 3 aliphatic heterocycles. The summed E-state index contributed by atoms with van der Waals surface area (Å²) >= 11 is 0. The van der Waals surface area contributed by atoms with Crippen LogP contribution in [-0.4, -0.2) is 238 Å². The van der Waals surface area contributed by atoms with Crippen LogP contribution < -0.4 is 54.4 Å². The predicted octanol–water partition coefficient (Wildman–Crippen LogP) is 13.4. The van der Waals surface area contributed by atoms with E-state index < -0.39 is 124 Å². The van der Waals surface area contributed by atoms with Crippen LogP contribution in [0.25, 0.3) is 0 Å². The van der Waals surface area contributed by atoms with E-state index in [9.17, 15) is 77.0 Å². The average molecular weight is 1920 g/mol. The van der Waals surface area contributed by atoms with E-state index in [1.807, 2.05) is 102 Å². The van der Waals surface area contributed by atoms with Crippen molar-refractivity contribution >= 4 is 89.6 Å². The van der Waals surface area contributed by atoms with Gasteiger partial charge >= 0.3 is 60.4 Å². The lowest BCUT2D eigenvalue weighted by Crippen LogP contribution is -2.59. The fraction of sp³-hybridized carbons (Fsp3) is 0.610. The monoisotopic (exact) mass is 1920 g/mol. The lowest BCUT2D eigenvalue weighted by molar-refractivity contribution is -0.152. The first-order valence-electron chi connectivity index (χ1n) is 46.7. The summed E-state index contributed by atoms with van der Waals surface area (Å²) in [7, 11) is 0. The van der Waals surface area contributed by atoms with E-state index in [2.05, 4.69) is 37.2 Å². The molecule has 37 nitrogen and oxygen atoms in total. The van der Waals surface area contributed by atoms with Gasteiger partial charge in [0.15, 0.2) is 17.3 Å². The van der Waals surface area contributed by atoms with Crippen molar-refractivity contribution < 1.29 is 120 Å². The van der Waals surface area contributed by atoms with Crippen molar-refractivity contribution in [2.45, 2.75) is 318 Å². The maximum atomic E-state index is 14.1. The van der Waals surface area contributed by atoms with Crippen molar-refractivity contribution in [2.24, 2.45) is 35.0 Å². The van der Waals surface area contributed by atoms with Crippen molar-refractivity contribution in [3.63, 3.8) is 0 Å². The quantitative estimate of drug-likeness (QED) is 0.00881. The second-order valence-electron chi connectivity index (χ2n) is 40.2. The van der Waals surface area contributed by atoms with Crippen LogP contribution in [0.1, 0.15) is 287 Å². The van der Waals surface area contributed by atoms with Crippen LogP contribution in [0, 0.1) is 17.8 Å². The SMILES string of the molecule is CC(=O)c1ccc(C(=O)C[C@@H](CCCCN)C(=O)N2C[C@H](N)C[C@H](N)C2)cc1.CC(=O)c1ccc(C(=O)O)cc1.CC(C)(C)OC(=O)NCCCC[C@H](CC(=O)OCc1ccccc1)C(=O)N1C[C@H](NC(=O)OC(C)(C)C)C[C@H](NC(=O)OC(C)(C)C)C1.CC(C)(C)OC(=O)NCCCC[C@H](CC(=O)OCc1ccccc1)C(=O)O.CC(C)(C)OC(=O)N[C@@H]1CNC[C@H](NC(=O)OC(C)(C)C)C1. The van der Waals surface area contributed by atoms with E-state index in [-0.39, 0.29) is 104 Å². The van der Waals surface area contributed by atoms with Crippen LogP contribution >= 0.6 is 0 Å². The molecule has 8 amide bonds. The van der Waals surface area contributed by atoms with Gasteiger partial charge in [-0.2, -0.15) is 0 Å². The molecule has 0 aliphatic carbocycles. The first-order valence-corrected chi connectivity index (χ1v) is 46.7. The van der Waals surface area contributed by atoms with Crippen LogP contribution in [0.15, 0.2) is 109 Å². The summed E-state index contributed by atoms with van der Waals surface area (Å²) in [6, 6.07) is 29.4. The molecule has 15 N–H and O–H groups in total. The predicted molar refractivity (Wildman–Crippen MR) is 516 cm³/mol. The molecule has 137 heavy (non-hydrogen) atoms. The minimum absolute atomic E-state index is 0.0494. The number of hydrogen-bond donors (Lipinski definition) is 12. The van der Waals surface area contributed by atoms with Gasteiger partial charge in [-0.05, 0) is 226 Å². The number of Topliss-reactive ketones (excluding diaryl/α,β-unsaturated/α-hetero) is 3. The number of carboxylic acids is 2. The lowest BCUT2D eigenvalue weighted by Gasteiger charge is -2.40. The molecular weight excluding hydrogens is 1770 g/mol. The highest BCUT2D eigenvalue weighted by Crippen LogP contribution is 2.27. The van der Waals surface area contributed by atoms with Gasteiger partial charge in [0.25, 0.3) is 0 Å². The Kier molecular flexibility index (Phi) is 51.1. The molecule has 3 saturated heterocycles. The molecule has 0 unspecified atom stereocenters. The van der Waals surface area contributed by atoms with Gasteiger partial charge in [-0.15, -0.1) is 0 Å². The number of benzene rings is 4. The zero-order valence-electron chi connectivity index (χ0n) is 83.9. The van der Waals surface area contributed by atoms with E-state index in [0.29, 0.717) is 127 Å². The molecule has 37 heteroatoms. The van der Waals surface area contributed by atoms with E-state index in [4.69, 9.17) is 60.2 Å². The minimum Gasteiger partial charge on any atom is -0.481 e. The number of carbonyl (C=O) groups excluding carboxylic acids is 13. The molecule has 3 fully saturated rings. The topological polar surface area (TPSA) is 539 Å². The Balaban J connectivity index is 0.000000469. The largest absolute Gasteiger partial charge is 0.481 e. The second-order valence-corrected chi connectivity index (χ2v) is 40.2. The molecule has 7 rings (SSSR count). The zero-order valence-corrected chi connectivity index (χ0v) is 83.9. The van der Waals surface area contributed by atoms with Crippen molar-refractivity contribution in [1.82, 2.24) is 47.0 Å². The number of rotatable bonds is 35. The Bertz CT molecular complexity index is 4360. The summed E-state index contributed by atoms with van der Waals surface area (Å²) in [5.41, 5.74) is 17.4. The maximum Gasteiger partial charge on any atom is 0.407 e. The first-order chi connectivity index (χ1) is 63.7. The Morgan fingerprint density at radius 1 is 0.380 bits per heavy atom. The number of nitrogens with one attached hydrogen (secondary N) is 7. The summed E-state index contributed by atoms with van der Waals surface area (Å²) < 4.78 is 42.4. The number of ketones is 3. The van der Waals surface area contributed by atoms with Crippen LogP contribution in [0.5, 0.6) is 0 Å². The third-order valence-corrected chi connectivity index (χ3v) is 20.1. The molecular formula is C100H154N12O25. The molecule has 4 aromatic carbocycles. The molecule has 0 saturated carbocycles. The Morgan fingerprint density at radius 2 is 0.686 bits per heavy atom. The Labute approximate surface area is 807 Å². The molecule has 3 heterocycles. The smallest absolute Gasteiger partial charge is 0.407 e. The third kappa shape index (κ3) is 55.2. The van der Waals surface area contributed by atoms with Gasteiger partial charge in [0.1, 0.15) is 46.8 Å². The van der Waals surface area contributed by atoms with Crippen molar-refractivity contribution in [2.75, 3.05) is 58.9 Å². The zero-order chi connectivity index (χ0) is 103. The highest BCUT2D eigenvalue weighted by atomic mass is 16.6. The van der Waals surface area contributed by atoms with Gasteiger partial charge in [-0.1, -0.05) is 116 Å². The summed E-state index contributed by atoms with van der Waals surface area (Å²) in [5, 5.41) is 37.6. The van der Waals surface area contributed by atoms with Crippen LogP contribution in [0.4, 0.5) is 28.8 Å². The van der Waals surface area contributed by atoms with Crippen LogP contribution in [0.2, 0.25) is 0 Å². The van der Waals surface area contributed by atoms with Gasteiger partial charge in [0, 0.05) is 111 Å². The number of hydrogen-bond acceptors (Lipinski definition) is 27. The fourth-order valence-corrected chi connectivity index (χ4v) is 14.0. The average Bonchev–Trinajstić information content (AvgIpc) is 0.821. The third-order valence-electron chi connectivity index (χ3n) is 20.1. The summed E-state index contributed by atoms with van der Waals surface area (Å²) in [6.45, 7) is 39.0. The molecule has 3 aliphatic rings. The second kappa shape index (κ2) is 58.7. The number of nitrogens with two attached hydrogens (primary N) is 3. The van der Waals surface area contributed by atoms with Crippen LogP contribution in [-0.2, 0) is 75.1 Å². The van der Waals surface area contributed by atoms with E-state index in [1.54, 1.807) is 117 Å². The molecule has 0 spiro atoms. The van der Waals surface area contributed by atoms with Gasteiger partial charge < -0.3 is 112 Å². The number of esters is 2. The van der Waals surface area contributed by atoms with E-state index >= 15 is 0 Å². The summed E-state index contributed by atoms with van der Waals surface area (Å²) in [5.74, 6) is -5.58. The molecule has 0 radical (unpaired) electrons. The number of amides is 8. The highest BCUT2D eigenvalue weighted by Gasteiger charge is 2.39. The number of likely N-dealkylation sites (tertiary alicyclic amines) is 2. The Hall–Kier alpha value is -11.8. The number of aliphatic carboxylic acids is 1. The Morgan fingerprint density at radius 3 is 1.03 bits per heavy atom. The fourth-order valence-electron chi connectivity index (χ4n) is 14.0. The highest BCUT2D eigenvalue weighted by molar-refractivity contribution is 6.00. The van der Waals surface area contributed by atoms with Gasteiger partial charge in [-0.25, -0.2) is 33.6 Å². The van der Waals surface area contributed by atoms with E-state index in [1.165, 1.54) is 38.1 Å². The molecule has 0 aromatic heterocycles. The normalized spacial score (nSPS) is 17.2. The van der Waals surface area contributed by atoms with Gasteiger partial charge in [-0.3, -0.25) is 38.4 Å². The number of carboxylic acid groups (broad SMARTS) is 2. The number of alkyl carbamates (subject to hydrolysis) is 6. The number of piperidine rings is 3. The number of carbonyl (C=O) groups is 15. The van der Waals surface area contributed by atoms with Gasteiger partial charge in [0.05, 0.1) is 36.4 Å². The van der Waals surface area contributed by atoms with Crippen molar-refractivity contribution in [3.05, 3.63) is 143 Å². The number of unbranched alkanes of at least 4 members (excludes halogenated alkanes) is 3. The standard InChI is InChI=1S/C35H56N4O9.C21H32N4O3.C20H29NO6.C15H29N3O4.C9H8O3/c1-33(2,3)46-30(42)36-18-14-13-17-25(19-28(40)45-23-24-15-11-10-12-16-24)29(41)39-21-26(37-31(43)47-34(4,5)6)20-27(22-39)38-32(44)48-35(7,8)9;1-14(26)15-5-7-16(8-6-15)20(27)10-17(4-2-3-9-22)21(28)25-12-18(23)11-19(24)13-25;1-20(2,3)27-19(25)21-12-8-7-11-16(18(23)24)13-17(22)26-14-15-9-5-4-6-10-15;1-14(2,3)21-12(19)17-10-7-11(9-16-8-10)18-13(20)22-15(4,5)6;1-6(10)7-2-4-8(5-3-7)9(11)12/h10-12,15-16,25-27H,13-14,17-23H2,1-9H3,(H,36,42)(H,37,43)(H,38,44);5-8,17-19H,2-4,9-13,22-24H2,1H3;4-6,9-10,16H,7-8,11-14H2,1-3H3,(H,21,25)(H,23,24);10-11,16H,7-9H2,1-6H3,(H,17,19)(H,18,20);2-5H,1H3,(H,11,12)/t25-,26-,27+;17-,18-,19+;16-;10-,11+;/m111../s1. The van der Waals surface area contributed by atoms with Crippen molar-refractivity contribution in [3.8, 4) is 0 Å². The molecule has 9 atom stereocenters. The van der Waals surface area contributed by atoms with E-state index in [0.717, 1.165) is 24.0 Å². The molecule has 0 bridgehead atoms. The summed E-state index contributed by atoms with van der Waals surface area (Å²) in [6.07, 6.45) is 3.40. The van der Waals surface area contributed by atoms with Crippen molar-refractivity contribution in [1.29, 1.82) is 0 Å². The first kappa shape index (κ1) is 119. The lowest BCUT2D eigenvalue weighted by atomic mass is 9.90. The number of nitrogens with zero attached hydrogens (tertiary/aromatic N) is 2. The summed E-state index contributed by atoms with van der Waals surface area (Å²) in [4.78, 5) is 184. The molecule has 764 valence electrons. The maximum absolute atomic E-state index is 14.1. The number of ether oxygens (including phenoxy) is 8. The molecule has 4 aromatic rings. The van der Waals surface area contributed by atoms with Gasteiger partial charge in [0.2, 0.25) is 11.8 Å².